The van der Waals surface area contributed by atoms with E-state index in [9.17, 15) is 4.79 Å². The molecule has 1 aromatic carbocycles. The van der Waals surface area contributed by atoms with Gasteiger partial charge in [-0.05, 0) is 42.5 Å². The molecule has 0 atom stereocenters. The standard InChI is InChI=1S/C18H12N4O3/c23-16(20-15-8-1-2-9-19-15)12-5-3-6-13(11-12)17-21-22-18(25-17)14-7-4-10-24-14/h1-11H,(H,19,20,23). The first-order valence-electron chi connectivity index (χ1n) is 7.50. The van der Waals surface area contributed by atoms with Crippen LogP contribution in [-0.2, 0) is 0 Å². The molecule has 1 N–H and O–H groups in total. The number of furan rings is 1. The van der Waals surface area contributed by atoms with Gasteiger partial charge in [-0.15, -0.1) is 10.2 Å². The number of rotatable bonds is 4. The summed E-state index contributed by atoms with van der Waals surface area (Å²) in [4.78, 5) is 16.4. The van der Waals surface area contributed by atoms with Gasteiger partial charge in [-0.2, -0.15) is 0 Å². The number of nitrogens with zero attached hydrogens (tertiary/aromatic N) is 3. The maximum atomic E-state index is 12.4. The molecule has 0 saturated carbocycles. The monoisotopic (exact) mass is 332 g/mol. The van der Waals surface area contributed by atoms with E-state index in [-0.39, 0.29) is 11.8 Å². The third kappa shape index (κ3) is 3.16. The highest BCUT2D eigenvalue weighted by molar-refractivity contribution is 6.04. The van der Waals surface area contributed by atoms with Gasteiger partial charge in [0.15, 0.2) is 5.76 Å². The molecule has 7 nitrogen and oxygen atoms in total. The van der Waals surface area contributed by atoms with Crippen LogP contribution in [0.2, 0.25) is 0 Å². The normalized spacial score (nSPS) is 10.6. The Labute approximate surface area is 142 Å². The number of nitrogens with one attached hydrogen (secondary N) is 1. The highest BCUT2D eigenvalue weighted by Crippen LogP contribution is 2.24. The van der Waals surface area contributed by atoms with Crippen LogP contribution in [0.5, 0.6) is 0 Å². The molecule has 0 spiro atoms. The zero-order valence-corrected chi connectivity index (χ0v) is 12.9. The second kappa shape index (κ2) is 6.40. The zero-order valence-electron chi connectivity index (χ0n) is 12.9. The van der Waals surface area contributed by atoms with Crippen LogP contribution < -0.4 is 5.32 Å². The molecule has 0 aliphatic carbocycles. The Balaban J connectivity index is 1.58. The minimum atomic E-state index is -0.272. The molecule has 4 aromatic rings. The summed E-state index contributed by atoms with van der Waals surface area (Å²) in [7, 11) is 0. The second-order valence-corrected chi connectivity index (χ2v) is 5.14. The van der Waals surface area contributed by atoms with Gasteiger partial charge in [0.05, 0.1) is 6.26 Å². The average Bonchev–Trinajstić information content (AvgIpc) is 3.34. The first-order chi connectivity index (χ1) is 12.3. The lowest BCUT2D eigenvalue weighted by Crippen LogP contribution is -2.12. The van der Waals surface area contributed by atoms with Crippen molar-refractivity contribution in [3.63, 3.8) is 0 Å². The maximum Gasteiger partial charge on any atom is 0.283 e. The van der Waals surface area contributed by atoms with E-state index >= 15 is 0 Å². The Bertz CT molecular complexity index is 994. The number of anilines is 1. The van der Waals surface area contributed by atoms with Gasteiger partial charge in [0, 0.05) is 17.3 Å². The van der Waals surface area contributed by atoms with E-state index in [0.717, 1.165) is 0 Å². The number of aromatic nitrogens is 3. The first-order valence-corrected chi connectivity index (χ1v) is 7.50. The number of hydrogen-bond acceptors (Lipinski definition) is 6. The Morgan fingerprint density at radius 3 is 2.68 bits per heavy atom. The lowest BCUT2D eigenvalue weighted by Gasteiger charge is -2.04. The number of pyridine rings is 1. The van der Waals surface area contributed by atoms with Gasteiger partial charge in [-0.1, -0.05) is 12.1 Å². The molecule has 7 heteroatoms. The summed E-state index contributed by atoms with van der Waals surface area (Å²) in [6.45, 7) is 0. The summed E-state index contributed by atoms with van der Waals surface area (Å²) in [5.41, 5.74) is 1.10. The van der Waals surface area contributed by atoms with Crippen molar-refractivity contribution in [3.05, 3.63) is 72.6 Å². The third-order valence-electron chi connectivity index (χ3n) is 3.44. The topological polar surface area (TPSA) is 94.1 Å². The molecule has 3 heterocycles. The van der Waals surface area contributed by atoms with E-state index in [4.69, 9.17) is 8.83 Å². The van der Waals surface area contributed by atoms with E-state index in [1.807, 2.05) is 0 Å². The highest BCUT2D eigenvalue weighted by atomic mass is 16.4. The van der Waals surface area contributed by atoms with Crippen LogP contribution in [0.15, 0.2) is 75.9 Å². The van der Waals surface area contributed by atoms with Crippen molar-refractivity contribution >= 4 is 11.7 Å². The molecule has 0 aliphatic heterocycles. The summed E-state index contributed by atoms with van der Waals surface area (Å²) in [5.74, 6) is 1.28. The molecule has 25 heavy (non-hydrogen) atoms. The van der Waals surface area contributed by atoms with E-state index in [1.165, 1.54) is 6.26 Å². The molecule has 0 bridgehead atoms. The van der Waals surface area contributed by atoms with E-state index in [2.05, 4.69) is 20.5 Å². The Kier molecular flexibility index (Phi) is 3.80. The molecule has 1 amide bonds. The molecule has 0 unspecified atom stereocenters. The van der Waals surface area contributed by atoms with Crippen molar-refractivity contribution in [2.45, 2.75) is 0 Å². The van der Waals surface area contributed by atoms with Crippen molar-refractivity contribution in [2.75, 3.05) is 5.32 Å². The lowest BCUT2D eigenvalue weighted by atomic mass is 10.1. The van der Waals surface area contributed by atoms with Gasteiger partial charge in [-0.3, -0.25) is 4.79 Å². The van der Waals surface area contributed by atoms with E-state index in [1.54, 1.807) is 60.8 Å². The molecule has 0 radical (unpaired) electrons. The fourth-order valence-corrected chi connectivity index (χ4v) is 2.26. The second-order valence-electron chi connectivity index (χ2n) is 5.14. The molecule has 0 aliphatic rings. The van der Waals surface area contributed by atoms with Crippen molar-refractivity contribution in [1.29, 1.82) is 0 Å². The van der Waals surface area contributed by atoms with Crippen LogP contribution in [0.25, 0.3) is 23.1 Å². The smallest absolute Gasteiger partial charge is 0.283 e. The summed E-state index contributed by atoms with van der Waals surface area (Å²) in [6.07, 6.45) is 3.14. The lowest BCUT2D eigenvalue weighted by molar-refractivity contribution is 0.102. The molecular formula is C18H12N4O3. The number of carbonyl (C=O) groups excluding carboxylic acids is 1. The van der Waals surface area contributed by atoms with Crippen LogP contribution in [0, 0.1) is 0 Å². The van der Waals surface area contributed by atoms with Crippen LogP contribution in [0.3, 0.4) is 0 Å². The van der Waals surface area contributed by atoms with Crippen LogP contribution in [-0.4, -0.2) is 21.1 Å². The highest BCUT2D eigenvalue weighted by Gasteiger charge is 2.14. The summed E-state index contributed by atoms with van der Waals surface area (Å²) in [6, 6.07) is 15.7. The first kappa shape index (κ1) is 14.8. The van der Waals surface area contributed by atoms with Crippen molar-refractivity contribution < 1.29 is 13.6 Å². The number of carbonyl (C=O) groups is 1. The molecule has 122 valence electrons. The fraction of sp³-hybridized carbons (Fsp3) is 0. The number of benzene rings is 1. The Hall–Kier alpha value is -3.74. The van der Waals surface area contributed by atoms with Gasteiger partial charge in [0.25, 0.3) is 11.8 Å². The van der Waals surface area contributed by atoms with Gasteiger partial charge in [0.1, 0.15) is 5.82 Å². The summed E-state index contributed by atoms with van der Waals surface area (Å²) < 4.78 is 10.8. The van der Waals surface area contributed by atoms with Gasteiger partial charge in [-0.25, -0.2) is 4.98 Å². The molecule has 0 fully saturated rings. The summed E-state index contributed by atoms with van der Waals surface area (Å²) in [5, 5.41) is 10.7. The van der Waals surface area contributed by atoms with E-state index in [0.29, 0.717) is 28.6 Å². The van der Waals surface area contributed by atoms with Crippen molar-refractivity contribution in [2.24, 2.45) is 0 Å². The van der Waals surface area contributed by atoms with Gasteiger partial charge < -0.3 is 14.2 Å². The average molecular weight is 332 g/mol. The van der Waals surface area contributed by atoms with Gasteiger partial charge in [0.2, 0.25) is 5.89 Å². The van der Waals surface area contributed by atoms with Crippen LogP contribution >= 0.6 is 0 Å². The minimum Gasteiger partial charge on any atom is -0.459 e. The van der Waals surface area contributed by atoms with Gasteiger partial charge >= 0.3 is 0 Å². The van der Waals surface area contributed by atoms with Crippen molar-refractivity contribution in [1.82, 2.24) is 15.2 Å². The SMILES string of the molecule is O=C(Nc1ccccn1)c1cccc(-c2nnc(-c3ccco3)o2)c1. The van der Waals surface area contributed by atoms with E-state index < -0.39 is 0 Å². The summed E-state index contributed by atoms with van der Waals surface area (Å²) >= 11 is 0. The largest absolute Gasteiger partial charge is 0.459 e. The predicted octanol–water partition coefficient (Wildman–Crippen LogP) is 3.64. The number of amides is 1. The predicted molar refractivity (Wildman–Crippen MR) is 89.6 cm³/mol. The molecular weight excluding hydrogens is 320 g/mol. The van der Waals surface area contributed by atoms with Crippen molar-refractivity contribution in [3.8, 4) is 23.1 Å². The number of hydrogen-bond donors (Lipinski definition) is 1. The van der Waals surface area contributed by atoms with Crippen LogP contribution in [0.4, 0.5) is 5.82 Å². The molecule has 0 saturated heterocycles. The minimum absolute atomic E-state index is 0.272. The Morgan fingerprint density at radius 2 is 1.88 bits per heavy atom. The maximum absolute atomic E-state index is 12.4. The van der Waals surface area contributed by atoms with Crippen LogP contribution in [0.1, 0.15) is 10.4 Å². The molecule has 3 aromatic heterocycles. The third-order valence-corrected chi connectivity index (χ3v) is 3.44. The zero-order chi connectivity index (χ0) is 17.1. The quantitative estimate of drug-likeness (QED) is 0.613. The Morgan fingerprint density at radius 1 is 0.960 bits per heavy atom. The molecule has 4 rings (SSSR count). The fourth-order valence-electron chi connectivity index (χ4n) is 2.26.